The van der Waals surface area contributed by atoms with E-state index in [2.05, 4.69) is 10.3 Å². The van der Waals surface area contributed by atoms with Gasteiger partial charge in [-0.05, 0) is 24.6 Å². The van der Waals surface area contributed by atoms with E-state index in [0.717, 1.165) is 11.3 Å². The largest absolute Gasteiger partial charge is 0.367 e. The van der Waals surface area contributed by atoms with Crippen molar-refractivity contribution in [2.45, 2.75) is 13.0 Å². The summed E-state index contributed by atoms with van der Waals surface area (Å²) in [5, 5.41) is 3.10. The van der Waals surface area contributed by atoms with Crippen LogP contribution in [-0.2, 0) is 0 Å². The zero-order valence-corrected chi connectivity index (χ0v) is 11.3. The highest BCUT2D eigenvalue weighted by atomic mass is 16.1. The smallest absolute Gasteiger partial charge is 0.252 e. The van der Waals surface area contributed by atoms with Crippen molar-refractivity contribution >= 4 is 11.7 Å². The molecule has 1 unspecified atom stereocenters. The van der Waals surface area contributed by atoms with E-state index in [9.17, 15) is 4.79 Å². The second-order valence-corrected chi connectivity index (χ2v) is 4.61. The molecule has 104 valence electrons. The summed E-state index contributed by atoms with van der Waals surface area (Å²) in [6.45, 7) is 2.33. The van der Waals surface area contributed by atoms with Crippen LogP contribution in [-0.4, -0.2) is 17.4 Å². The minimum Gasteiger partial charge on any atom is -0.367 e. The molecule has 5 nitrogen and oxygen atoms in total. The number of aromatic nitrogens is 1. The minimum atomic E-state index is -0.506. The van der Waals surface area contributed by atoms with Crippen molar-refractivity contribution < 1.29 is 4.79 Å². The highest BCUT2D eigenvalue weighted by molar-refractivity contribution is 5.97. The Bertz CT molecular complexity index is 598. The van der Waals surface area contributed by atoms with Crippen LogP contribution >= 0.6 is 0 Å². The van der Waals surface area contributed by atoms with Gasteiger partial charge < -0.3 is 16.8 Å². The molecule has 1 amide bonds. The van der Waals surface area contributed by atoms with Crippen LogP contribution in [0.15, 0.2) is 42.5 Å². The highest BCUT2D eigenvalue weighted by Crippen LogP contribution is 2.15. The number of hydrogen-bond acceptors (Lipinski definition) is 4. The van der Waals surface area contributed by atoms with E-state index >= 15 is 0 Å². The van der Waals surface area contributed by atoms with Crippen LogP contribution in [0.25, 0.3) is 0 Å². The second-order valence-electron chi connectivity index (χ2n) is 4.61. The molecule has 0 saturated carbocycles. The Hall–Kier alpha value is -2.40. The van der Waals surface area contributed by atoms with E-state index in [4.69, 9.17) is 11.5 Å². The number of primary amides is 1. The lowest BCUT2D eigenvalue weighted by Crippen LogP contribution is -2.23. The van der Waals surface area contributed by atoms with E-state index in [1.165, 1.54) is 0 Å². The molecule has 2 aromatic rings. The maximum atomic E-state index is 11.4. The Morgan fingerprint density at radius 2 is 1.95 bits per heavy atom. The monoisotopic (exact) mass is 270 g/mol. The predicted molar refractivity (Wildman–Crippen MR) is 79.4 cm³/mol. The summed E-state index contributed by atoms with van der Waals surface area (Å²) in [5.74, 6) is -0.0304. The SMILES string of the molecule is Cc1ccc(C(N)=O)c(NCC(N)c2ccccc2)n1. The van der Waals surface area contributed by atoms with Crippen LogP contribution in [0, 0.1) is 6.92 Å². The van der Waals surface area contributed by atoms with Crippen molar-refractivity contribution in [3.05, 3.63) is 59.3 Å². The van der Waals surface area contributed by atoms with Crippen LogP contribution in [0.3, 0.4) is 0 Å². The van der Waals surface area contributed by atoms with Crippen molar-refractivity contribution in [3.8, 4) is 0 Å². The molecule has 0 fully saturated rings. The van der Waals surface area contributed by atoms with E-state index in [1.807, 2.05) is 37.3 Å². The standard InChI is InChI=1S/C15H18N4O/c1-10-7-8-12(14(17)20)15(19-10)18-9-13(16)11-5-3-2-4-6-11/h2-8,13H,9,16H2,1H3,(H2,17,20)(H,18,19). The summed E-state index contributed by atoms with van der Waals surface area (Å²) >= 11 is 0. The van der Waals surface area contributed by atoms with Gasteiger partial charge in [0, 0.05) is 18.3 Å². The number of carbonyl (C=O) groups excluding carboxylic acids is 1. The van der Waals surface area contributed by atoms with Crippen molar-refractivity contribution in [1.82, 2.24) is 4.98 Å². The minimum absolute atomic E-state index is 0.181. The molecule has 1 aromatic heterocycles. The van der Waals surface area contributed by atoms with Crippen LogP contribution < -0.4 is 16.8 Å². The molecule has 20 heavy (non-hydrogen) atoms. The fraction of sp³-hybridized carbons (Fsp3) is 0.200. The van der Waals surface area contributed by atoms with E-state index < -0.39 is 5.91 Å². The molecule has 1 aromatic carbocycles. The normalized spacial score (nSPS) is 11.9. The third kappa shape index (κ3) is 3.33. The lowest BCUT2D eigenvalue weighted by atomic mass is 10.1. The molecule has 5 N–H and O–H groups in total. The summed E-state index contributed by atoms with van der Waals surface area (Å²) in [4.78, 5) is 15.7. The van der Waals surface area contributed by atoms with E-state index in [1.54, 1.807) is 12.1 Å². The van der Waals surface area contributed by atoms with Crippen LogP contribution in [0.2, 0.25) is 0 Å². The molecule has 0 spiro atoms. The maximum absolute atomic E-state index is 11.4. The summed E-state index contributed by atoms with van der Waals surface area (Å²) in [6.07, 6.45) is 0. The van der Waals surface area contributed by atoms with Crippen LogP contribution in [0.5, 0.6) is 0 Å². The molecular formula is C15H18N4O. The Morgan fingerprint density at radius 3 is 2.60 bits per heavy atom. The number of anilines is 1. The molecule has 0 saturated heterocycles. The van der Waals surface area contributed by atoms with Crippen molar-refractivity contribution in [1.29, 1.82) is 0 Å². The quantitative estimate of drug-likeness (QED) is 0.769. The van der Waals surface area contributed by atoms with Crippen molar-refractivity contribution in [3.63, 3.8) is 0 Å². The zero-order chi connectivity index (χ0) is 14.5. The van der Waals surface area contributed by atoms with Gasteiger partial charge in [-0.2, -0.15) is 0 Å². The first-order valence-electron chi connectivity index (χ1n) is 6.40. The lowest BCUT2D eigenvalue weighted by molar-refractivity contribution is 0.100. The number of pyridine rings is 1. The Balaban J connectivity index is 2.11. The van der Waals surface area contributed by atoms with Gasteiger partial charge >= 0.3 is 0 Å². The highest BCUT2D eigenvalue weighted by Gasteiger charge is 2.11. The summed E-state index contributed by atoms with van der Waals surface area (Å²) in [6, 6.07) is 13.0. The average molecular weight is 270 g/mol. The van der Waals surface area contributed by atoms with Crippen molar-refractivity contribution in [2.75, 3.05) is 11.9 Å². The van der Waals surface area contributed by atoms with Crippen LogP contribution in [0.1, 0.15) is 27.7 Å². The third-order valence-electron chi connectivity index (χ3n) is 3.02. The van der Waals surface area contributed by atoms with Gasteiger partial charge in [0.2, 0.25) is 0 Å². The Labute approximate surface area is 118 Å². The van der Waals surface area contributed by atoms with E-state index in [-0.39, 0.29) is 6.04 Å². The predicted octanol–water partition coefficient (Wildman–Crippen LogP) is 1.60. The van der Waals surface area contributed by atoms with Gasteiger partial charge in [0.25, 0.3) is 5.91 Å². The molecule has 0 bridgehead atoms. The average Bonchev–Trinajstić information content (AvgIpc) is 2.45. The van der Waals surface area contributed by atoms with Crippen molar-refractivity contribution in [2.24, 2.45) is 11.5 Å². The molecule has 1 heterocycles. The third-order valence-corrected chi connectivity index (χ3v) is 3.02. The van der Waals surface area contributed by atoms with E-state index in [0.29, 0.717) is 17.9 Å². The zero-order valence-electron chi connectivity index (χ0n) is 11.3. The van der Waals surface area contributed by atoms with Gasteiger partial charge in [0.15, 0.2) is 0 Å². The number of nitrogens with zero attached hydrogens (tertiary/aromatic N) is 1. The van der Waals surface area contributed by atoms with Crippen LogP contribution in [0.4, 0.5) is 5.82 Å². The molecular weight excluding hydrogens is 252 g/mol. The number of carbonyl (C=O) groups is 1. The molecule has 0 aliphatic heterocycles. The first kappa shape index (κ1) is 14.0. The van der Waals surface area contributed by atoms with Gasteiger partial charge in [-0.1, -0.05) is 30.3 Å². The number of amides is 1. The van der Waals surface area contributed by atoms with Gasteiger partial charge in [-0.15, -0.1) is 0 Å². The fourth-order valence-electron chi connectivity index (χ4n) is 1.92. The fourth-order valence-corrected chi connectivity index (χ4v) is 1.92. The Kier molecular flexibility index (Phi) is 4.32. The first-order valence-corrected chi connectivity index (χ1v) is 6.40. The van der Waals surface area contributed by atoms with Gasteiger partial charge in [-0.3, -0.25) is 4.79 Å². The second kappa shape index (κ2) is 6.16. The lowest BCUT2D eigenvalue weighted by Gasteiger charge is -2.15. The first-order chi connectivity index (χ1) is 9.58. The van der Waals surface area contributed by atoms with Gasteiger partial charge in [0.05, 0.1) is 5.56 Å². The number of rotatable bonds is 5. The number of hydrogen-bond donors (Lipinski definition) is 3. The maximum Gasteiger partial charge on any atom is 0.252 e. The molecule has 5 heteroatoms. The molecule has 2 rings (SSSR count). The number of nitrogens with two attached hydrogens (primary N) is 2. The summed E-state index contributed by atoms with van der Waals surface area (Å²) in [5.41, 5.74) is 13.6. The number of nitrogens with one attached hydrogen (secondary N) is 1. The molecule has 1 atom stereocenters. The van der Waals surface area contributed by atoms with Gasteiger partial charge in [0.1, 0.15) is 5.82 Å². The molecule has 0 aliphatic rings. The summed E-state index contributed by atoms with van der Waals surface area (Å²) in [7, 11) is 0. The van der Waals surface area contributed by atoms with Gasteiger partial charge in [-0.25, -0.2) is 4.98 Å². The molecule has 0 aliphatic carbocycles. The molecule has 0 radical (unpaired) electrons. The topological polar surface area (TPSA) is 94.0 Å². The number of aryl methyl sites for hydroxylation is 1. The Morgan fingerprint density at radius 1 is 1.25 bits per heavy atom. The summed E-state index contributed by atoms with van der Waals surface area (Å²) < 4.78 is 0. The number of benzene rings is 1.